The first-order valence-corrected chi connectivity index (χ1v) is 5.37. The van der Waals surface area contributed by atoms with Crippen LogP contribution in [0, 0.1) is 0 Å². The van der Waals surface area contributed by atoms with E-state index in [4.69, 9.17) is 23.2 Å². The van der Waals surface area contributed by atoms with Gasteiger partial charge >= 0.3 is 0 Å². The van der Waals surface area contributed by atoms with Gasteiger partial charge in [0.1, 0.15) is 6.10 Å². The smallest absolute Gasteiger partial charge is 0.109 e. The molecule has 2 N–H and O–H groups in total. The summed E-state index contributed by atoms with van der Waals surface area (Å²) in [6.45, 7) is 0. The van der Waals surface area contributed by atoms with E-state index in [0.29, 0.717) is 15.6 Å². The second-order valence-electron chi connectivity index (χ2n) is 2.83. The van der Waals surface area contributed by atoms with Crippen LogP contribution in [-0.2, 0) is 0 Å². The average Bonchev–Trinajstić information content (AvgIpc) is 2.16. The Morgan fingerprint density at radius 3 is 2.14 bits per heavy atom. The van der Waals surface area contributed by atoms with Crippen LogP contribution in [0.2, 0.25) is 10.0 Å². The largest absolute Gasteiger partial charge is 0.389 e. The maximum atomic E-state index is 9.68. The van der Waals surface area contributed by atoms with Gasteiger partial charge in [0.25, 0.3) is 0 Å². The van der Waals surface area contributed by atoms with Gasteiger partial charge in [0, 0.05) is 21.4 Å². The fourth-order valence-corrected chi connectivity index (χ4v) is 1.91. The zero-order chi connectivity index (χ0) is 10.7. The zero-order valence-corrected chi connectivity index (χ0v) is 9.60. The van der Waals surface area contributed by atoms with Crippen molar-refractivity contribution in [2.45, 2.75) is 12.2 Å². The Labute approximate surface area is 97.9 Å². The van der Waals surface area contributed by atoms with Crippen molar-refractivity contribution in [3.05, 3.63) is 33.8 Å². The van der Waals surface area contributed by atoms with E-state index in [1.54, 1.807) is 18.2 Å². The molecule has 5 heteroatoms. The van der Waals surface area contributed by atoms with Gasteiger partial charge in [-0.1, -0.05) is 29.3 Å². The average molecular weight is 253 g/mol. The third-order valence-electron chi connectivity index (χ3n) is 1.85. The molecular formula is C9H10Cl2O2S. The third-order valence-corrected chi connectivity index (χ3v) is 2.88. The maximum absolute atomic E-state index is 9.68. The van der Waals surface area contributed by atoms with Crippen molar-refractivity contribution in [3.8, 4) is 0 Å². The Hall–Kier alpha value is 0.0700. The van der Waals surface area contributed by atoms with Gasteiger partial charge in [0.05, 0.1) is 6.10 Å². The Bertz CT molecular complexity index is 299. The summed E-state index contributed by atoms with van der Waals surface area (Å²) in [5, 5.41) is 19.7. The van der Waals surface area contributed by atoms with Crippen LogP contribution in [0.5, 0.6) is 0 Å². The van der Waals surface area contributed by atoms with Gasteiger partial charge in [-0.2, -0.15) is 12.6 Å². The molecule has 0 aromatic heterocycles. The minimum Gasteiger partial charge on any atom is -0.389 e. The Balaban J connectivity index is 3.05. The van der Waals surface area contributed by atoms with Crippen molar-refractivity contribution in [3.63, 3.8) is 0 Å². The highest BCUT2D eigenvalue weighted by atomic mass is 35.5. The van der Waals surface area contributed by atoms with Crippen molar-refractivity contribution < 1.29 is 10.2 Å². The normalized spacial score (nSPS) is 15.2. The van der Waals surface area contributed by atoms with Crippen molar-refractivity contribution in [2.24, 2.45) is 0 Å². The van der Waals surface area contributed by atoms with Crippen LogP contribution in [0.4, 0.5) is 0 Å². The Morgan fingerprint density at radius 2 is 1.71 bits per heavy atom. The lowest BCUT2D eigenvalue weighted by atomic mass is 10.1. The van der Waals surface area contributed by atoms with Gasteiger partial charge < -0.3 is 10.2 Å². The number of aliphatic hydroxyl groups is 2. The second-order valence-corrected chi connectivity index (χ2v) is 4.01. The zero-order valence-electron chi connectivity index (χ0n) is 7.19. The van der Waals surface area contributed by atoms with Crippen molar-refractivity contribution in [2.75, 3.05) is 5.75 Å². The molecule has 14 heavy (non-hydrogen) atoms. The van der Waals surface area contributed by atoms with Crippen molar-refractivity contribution in [1.29, 1.82) is 0 Å². The number of rotatable bonds is 3. The summed E-state index contributed by atoms with van der Waals surface area (Å²) in [4.78, 5) is 0. The van der Waals surface area contributed by atoms with Crippen molar-refractivity contribution in [1.82, 2.24) is 0 Å². The topological polar surface area (TPSA) is 40.5 Å². The minimum atomic E-state index is -1.10. The van der Waals surface area contributed by atoms with Gasteiger partial charge in [-0.15, -0.1) is 0 Å². The Kier molecular flexibility index (Phi) is 4.54. The lowest BCUT2D eigenvalue weighted by molar-refractivity contribution is 0.0339. The van der Waals surface area contributed by atoms with Gasteiger partial charge in [-0.05, 0) is 12.1 Å². The van der Waals surface area contributed by atoms with Crippen LogP contribution >= 0.6 is 35.8 Å². The first kappa shape index (κ1) is 12.1. The van der Waals surface area contributed by atoms with E-state index in [1.165, 1.54) is 0 Å². The predicted octanol–water partition coefficient (Wildman–Crippen LogP) is 2.32. The molecule has 0 spiro atoms. The van der Waals surface area contributed by atoms with Crippen molar-refractivity contribution >= 4 is 35.8 Å². The molecule has 0 aliphatic rings. The van der Waals surface area contributed by atoms with E-state index < -0.39 is 12.2 Å². The number of benzene rings is 1. The lowest BCUT2D eigenvalue weighted by Crippen LogP contribution is -2.20. The van der Waals surface area contributed by atoms with Gasteiger partial charge in [-0.3, -0.25) is 0 Å². The quantitative estimate of drug-likeness (QED) is 0.723. The van der Waals surface area contributed by atoms with Crippen LogP contribution in [0.25, 0.3) is 0 Å². The molecule has 1 aromatic carbocycles. The molecule has 1 aromatic rings. The fourth-order valence-electron chi connectivity index (χ4n) is 1.09. The summed E-state index contributed by atoms with van der Waals surface area (Å²) in [5.41, 5.74) is 0.345. The fraction of sp³-hybridized carbons (Fsp3) is 0.333. The van der Waals surface area contributed by atoms with E-state index in [0.717, 1.165) is 0 Å². The standard InChI is InChI=1S/C9H10Cl2O2S/c10-5-2-1-3-6(11)8(5)9(13)7(12)4-14/h1-3,7,9,12-14H,4H2. The van der Waals surface area contributed by atoms with Crippen LogP contribution in [0.15, 0.2) is 18.2 Å². The molecule has 0 bridgehead atoms. The number of halogens is 2. The van der Waals surface area contributed by atoms with E-state index >= 15 is 0 Å². The molecule has 2 unspecified atom stereocenters. The second kappa shape index (κ2) is 5.24. The first-order chi connectivity index (χ1) is 6.57. The molecule has 78 valence electrons. The molecular weight excluding hydrogens is 243 g/mol. The first-order valence-electron chi connectivity index (χ1n) is 3.98. The van der Waals surface area contributed by atoms with E-state index in [2.05, 4.69) is 12.6 Å². The summed E-state index contributed by atoms with van der Waals surface area (Å²) < 4.78 is 0. The van der Waals surface area contributed by atoms with Gasteiger partial charge in [-0.25, -0.2) is 0 Å². The van der Waals surface area contributed by atoms with Gasteiger partial charge in [0.15, 0.2) is 0 Å². The van der Waals surface area contributed by atoms with E-state index in [-0.39, 0.29) is 5.75 Å². The van der Waals surface area contributed by atoms with E-state index in [9.17, 15) is 10.2 Å². The minimum absolute atomic E-state index is 0.142. The molecule has 0 heterocycles. The summed E-state index contributed by atoms with van der Waals surface area (Å²) in [6.07, 6.45) is -2.08. The molecule has 0 amide bonds. The molecule has 0 aliphatic carbocycles. The molecule has 0 saturated heterocycles. The SMILES string of the molecule is OC(CS)C(O)c1c(Cl)cccc1Cl. The van der Waals surface area contributed by atoms with Crippen LogP contribution in [0.1, 0.15) is 11.7 Å². The number of hydrogen-bond donors (Lipinski definition) is 3. The highest BCUT2D eigenvalue weighted by Crippen LogP contribution is 2.32. The summed E-state index contributed by atoms with van der Waals surface area (Å²) in [7, 11) is 0. The highest BCUT2D eigenvalue weighted by molar-refractivity contribution is 7.80. The Morgan fingerprint density at radius 1 is 1.21 bits per heavy atom. The molecule has 0 fully saturated rings. The van der Waals surface area contributed by atoms with Crippen LogP contribution < -0.4 is 0 Å². The molecule has 0 radical (unpaired) electrons. The van der Waals surface area contributed by atoms with Gasteiger partial charge in [0.2, 0.25) is 0 Å². The molecule has 0 saturated carbocycles. The van der Waals surface area contributed by atoms with Crippen LogP contribution in [0.3, 0.4) is 0 Å². The summed E-state index contributed by atoms with van der Waals surface area (Å²) in [6, 6.07) is 4.89. The number of aliphatic hydroxyl groups excluding tert-OH is 2. The number of hydrogen-bond acceptors (Lipinski definition) is 3. The summed E-state index contributed by atoms with van der Waals surface area (Å²) in [5.74, 6) is 0.142. The van der Waals surface area contributed by atoms with Crippen LogP contribution in [-0.4, -0.2) is 22.1 Å². The third kappa shape index (κ3) is 2.55. The number of thiol groups is 1. The van der Waals surface area contributed by atoms with E-state index in [1.807, 2.05) is 0 Å². The predicted molar refractivity (Wildman–Crippen MR) is 61.3 cm³/mol. The lowest BCUT2D eigenvalue weighted by Gasteiger charge is -2.18. The monoisotopic (exact) mass is 252 g/mol. The molecule has 1 rings (SSSR count). The molecule has 2 atom stereocenters. The highest BCUT2D eigenvalue weighted by Gasteiger charge is 2.21. The molecule has 0 aliphatic heterocycles. The maximum Gasteiger partial charge on any atom is 0.109 e. The molecule has 2 nitrogen and oxygen atoms in total. The summed E-state index contributed by atoms with van der Waals surface area (Å²) >= 11 is 15.6.